The minimum Gasteiger partial charge on any atom is -0.314 e. The summed E-state index contributed by atoms with van der Waals surface area (Å²) in [5.74, 6) is 0.581. The molecule has 0 amide bonds. The number of nitrogens with one attached hydrogen (secondary N) is 2. The molecule has 1 rings (SSSR count). The largest absolute Gasteiger partial charge is 0.314 e. The lowest BCUT2D eigenvalue weighted by Crippen LogP contribution is -2.49. The number of hydrogen-bond acceptors (Lipinski definition) is 3. The van der Waals surface area contributed by atoms with Gasteiger partial charge in [0, 0.05) is 25.2 Å². The zero-order valence-corrected chi connectivity index (χ0v) is 13.5. The van der Waals surface area contributed by atoms with Gasteiger partial charge >= 0.3 is 0 Å². The van der Waals surface area contributed by atoms with Gasteiger partial charge in [-0.25, -0.2) is 0 Å². The van der Waals surface area contributed by atoms with E-state index in [2.05, 4.69) is 23.9 Å². The molecule has 0 aromatic carbocycles. The molecule has 1 fully saturated rings. The van der Waals surface area contributed by atoms with E-state index >= 15 is 0 Å². The highest BCUT2D eigenvalue weighted by atomic mass is 32.2. The van der Waals surface area contributed by atoms with E-state index in [4.69, 9.17) is 0 Å². The highest BCUT2D eigenvalue weighted by Crippen LogP contribution is 2.22. The van der Waals surface area contributed by atoms with Gasteiger partial charge in [0.15, 0.2) is 0 Å². The topological polar surface area (TPSA) is 61.4 Å². The summed E-state index contributed by atoms with van der Waals surface area (Å²) in [7, 11) is -3.29. The number of hydrogen-bond donors (Lipinski definition) is 2. The lowest BCUT2D eigenvalue weighted by Gasteiger charge is -2.34. The van der Waals surface area contributed by atoms with Crippen molar-refractivity contribution in [3.8, 4) is 0 Å². The van der Waals surface area contributed by atoms with Crippen molar-refractivity contribution in [3.63, 3.8) is 0 Å². The molecule has 5 nitrogen and oxygen atoms in total. The smallest absolute Gasteiger partial charge is 0.279 e. The second-order valence-corrected chi connectivity index (χ2v) is 7.46. The molecular formula is C13H29N3O2S. The second kappa shape index (κ2) is 7.57. The van der Waals surface area contributed by atoms with Crippen molar-refractivity contribution in [1.82, 2.24) is 14.3 Å². The third kappa shape index (κ3) is 5.38. The van der Waals surface area contributed by atoms with Crippen LogP contribution in [-0.4, -0.2) is 44.4 Å². The van der Waals surface area contributed by atoms with E-state index in [1.54, 1.807) is 4.31 Å². The summed E-state index contributed by atoms with van der Waals surface area (Å²) in [5.41, 5.74) is 0. The van der Waals surface area contributed by atoms with E-state index in [1.807, 2.05) is 13.8 Å². The van der Waals surface area contributed by atoms with E-state index in [1.165, 1.54) is 0 Å². The SMILES string of the molecule is CCCNC(C)C1CCN(S(=O)(=O)NC(C)C)CC1. The van der Waals surface area contributed by atoms with Gasteiger partial charge in [-0.05, 0) is 52.5 Å². The molecule has 1 unspecified atom stereocenters. The van der Waals surface area contributed by atoms with E-state index in [0.717, 1.165) is 25.8 Å². The van der Waals surface area contributed by atoms with Crippen LogP contribution in [-0.2, 0) is 10.2 Å². The van der Waals surface area contributed by atoms with Gasteiger partial charge in [-0.2, -0.15) is 17.4 Å². The number of rotatable bonds is 7. The number of nitrogens with zero attached hydrogens (tertiary/aromatic N) is 1. The lowest BCUT2D eigenvalue weighted by atomic mass is 9.91. The van der Waals surface area contributed by atoms with Crippen LogP contribution in [0.1, 0.15) is 47.0 Å². The fraction of sp³-hybridized carbons (Fsp3) is 1.00. The van der Waals surface area contributed by atoms with Crippen molar-refractivity contribution < 1.29 is 8.42 Å². The Kier molecular flexibility index (Phi) is 6.73. The van der Waals surface area contributed by atoms with E-state index in [-0.39, 0.29) is 6.04 Å². The van der Waals surface area contributed by atoms with E-state index in [0.29, 0.717) is 25.0 Å². The first-order chi connectivity index (χ1) is 8.86. The third-order valence-corrected chi connectivity index (χ3v) is 5.46. The molecular weight excluding hydrogens is 262 g/mol. The Morgan fingerprint density at radius 3 is 2.26 bits per heavy atom. The Morgan fingerprint density at radius 2 is 1.79 bits per heavy atom. The zero-order valence-electron chi connectivity index (χ0n) is 12.6. The summed E-state index contributed by atoms with van der Waals surface area (Å²) in [4.78, 5) is 0. The fourth-order valence-corrected chi connectivity index (χ4v) is 3.96. The van der Waals surface area contributed by atoms with Gasteiger partial charge in [0.1, 0.15) is 0 Å². The molecule has 1 heterocycles. The standard InChI is InChI=1S/C13H29N3O2S/c1-5-8-14-12(4)13-6-9-16(10-7-13)19(17,18)15-11(2)3/h11-15H,5-10H2,1-4H3. The molecule has 0 saturated carbocycles. The van der Waals surface area contributed by atoms with Gasteiger partial charge < -0.3 is 5.32 Å². The molecule has 6 heteroatoms. The van der Waals surface area contributed by atoms with Crippen molar-refractivity contribution in [2.75, 3.05) is 19.6 Å². The van der Waals surface area contributed by atoms with Crippen LogP contribution in [0.5, 0.6) is 0 Å². The Labute approximate surface area is 118 Å². The number of piperidine rings is 1. The maximum Gasteiger partial charge on any atom is 0.279 e. The monoisotopic (exact) mass is 291 g/mol. The fourth-order valence-electron chi connectivity index (χ4n) is 2.53. The summed E-state index contributed by atoms with van der Waals surface area (Å²) < 4.78 is 28.3. The predicted molar refractivity (Wildman–Crippen MR) is 79.2 cm³/mol. The van der Waals surface area contributed by atoms with Crippen LogP contribution in [0, 0.1) is 5.92 Å². The molecule has 0 aromatic rings. The molecule has 0 bridgehead atoms. The summed E-state index contributed by atoms with van der Waals surface area (Å²) in [6.45, 7) is 10.4. The molecule has 1 aliphatic heterocycles. The Morgan fingerprint density at radius 1 is 1.21 bits per heavy atom. The van der Waals surface area contributed by atoms with Crippen molar-refractivity contribution in [3.05, 3.63) is 0 Å². The Bertz CT molecular complexity index is 349. The second-order valence-electron chi connectivity index (χ2n) is 5.76. The van der Waals surface area contributed by atoms with Crippen molar-refractivity contribution in [2.45, 2.75) is 59.0 Å². The quantitative estimate of drug-likeness (QED) is 0.744. The van der Waals surface area contributed by atoms with Crippen molar-refractivity contribution in [1.29, 1.82) is 0 Å². The highest BCUT2D eigenvalue weighted by Gasteiger charge is 2.30. The summed E-state index contributed by atoms with van der Waals surface area (Å²) in [5, 5.41) is 3.50. The summed E-state index contributed by atoms with van der Waals surface area (Å²) in [6, 6.07) is 0.427. The minimum atomic E-state index is -3.29. The first kappa shape index (κ1) is 16.9. The normalized spacial score (nSPS) is 20.9. The molecule has 19 heavy (non-hydrogen) atoms. The van der Waals surface area contributed by atoms with Gasteiger partial charge in [0.2, 0.25) is 0 Å². The van der Waals surface area contributed by atoms with Crippen LogP contribution in [0.3, 0.4) is 0 Å². The average molecular weight is 291 g/mol. The van der Waals surface area contributed by atoms with Crippen molar-refractivity contribution >= 4 is 10.2 Å². The van der Waals surface area contributed by atoms with Gasteiger partial charge in [-0.1, -0.05) is 6.92 Å². The van der Waals surface area contributed by atoms with Crippen LogP contribution in [0.4, 0.5) is 0 Å². The van der Waals surface area contributed by atoms with Crippen LogP contribution >= 0.6 is 0 Å². The van der Waals surface area contributed by atoms with Gasteiger partial charge in [-0.3, -0.25) is 0 Å². The van der Waals surface area contributed by atoms with Gasteiger partial charge in [0.25, 0.3) is 10.2 Å². The maximum atomic E-state index is 12.0. The van der Waals surface area contributed by atoms with Gasteiger partial charge in [-0.15, -0.1) is 0 Å². The van der Waals surface area contributed by atoms with Crippen molar-refractivity contribution in [2.24, 2.45) is 5.92 Å². The average Bonchev–Trinajstić information content (AvgIpc) is 2.34. The highest BCUT2D eigenvalue weighted by molar-refractivity contribution is 7.87. The predicted octanol–water partition coefficient (Wildman–Crippen LogP) is 1.33. The first-order valence-corrected chi connectivity index (χ1v) is 8.81. The Balaban J connectivity index is 2.44. The zero-order chi connectivity index (χ0) is 14.5. The molecule has 0 spiro atoms. The van der Waals surface area contributed by atoms with Crippen LogP contribution in [0.25, 0.3) is 0 Å². The minimum absolute atomic E-state index is 0.0483. The van der Waals surface area contributed by atoms with Crippen LogP contribution in [0.2, 0.25) is 0 Å². The summed E-state index contributed by atoms with van der Waals surface area (Å²) in [6.07, 6.45) is 3.02. The molecule has 1 aliphatic rings. The molecule has 0 aromatic heterocycles. The molecule has 0 aliphatic carbocycles. The first-order valence-electron chi connectivity index (χ1n) is 7.37. The lowest BCUT2D eigenvalue weighted by molar-refractivity contribution is 0.229. The maximum absolute atomic E-state index is 12.0. The third-order valence-electron chi connectivity index (χ3n) is 3.65. The Hall–Kier alpha value is -0.170. The van der Waals surface area contributed by atoms with Crippen LogP contribution < -0.4 is 10.0 Å². The molecule has 2 N–H and O–H groups in total. The molecule has 1 atom stereocenters. The molecule has 1 saturated heterocycles. The van der Waals surface area contributed by atoms with E-state index < -0.39 is 10.2 Å². The summed E-state index contributed by atoms with van der Waals surface area (Å²) >= 11 is 0. The van der Waals surface area contributed by atoms with Crippen LogP contribution in [0.15, 0.2) is 0 Å². The molecule has 114 valence electrons. The molecule has 0 radical (unpaired) electrons. The van der Waals surface area contributed by atoms with Gasteiger partial charge in [0.05, 0.1) is 0 Å². The van der Waals surface area contributed by atoms with E-state index in [9.17, 15) is 8.42 Å².